The van der Waals surface area contributed by atoms with Crippen molar-refractivity contribution in [2.45, 2.75) is 33.4 Å². The third-order valence-electron chi connectivity index (χ3n) is 6.73. The highest BCUT2D eigenvalue weighted by atomic mass is 35.5. The van der Waals surface area contributed by atoms with Crippen molar-refractivity contribution in [3.05, 3.63) is 134 Å². The number of aromatic nitrogens is 1. The minimum atomic E-state index is -0.713. The van der Waals surface area contributed by atoms with Crippen molar-refractivity contribution in [1.82, 2.24) is 4.57 Å². The van der Waals surface area contributed by atoms with Crippen LogP contribution in [0.3, 0.4) is 0 Å². The highest BCUT2D eigenvalue weighted by molar-refractivity contribution is 7.07. The number of hydrogen-bond acceptors (Lipinski definition) is 8. The molecule has 0 saturated carbocycles. The highest BCUT2D eigenvalue weighted by Gasteiger charge is 2.33. The Kier molecular flexibility index (Phi) is 8.82. The average Bonchev–Trinajstić information content (AvgIpc) is 3.26. The van der Waals surface area contributed by atoms with Crippen molar-refractivity contribution in [2.24, 2.45) is 4.99 Å². The van der Waals surface area contributed by atoms with Crippen LogP contribution in [0.4, 0.5) is 5.69 Å². The number of ether oxygens (including phenoxy) is 2. The van der Waals surface area contributed by atoms with Crippen LogP contribution < -0.4 is 19.6 Å². The standard InChI is InChI=1S/C31H25Cl2N3O6S/c1-4-41-30(38)26-18(3)34-31-35(27(26)21-10-8-17(2)9-11-21)29(37)25(43-31)15-20-13-23(32)28(24(33)14-20)42-16-19-6-5-7-22(12-19)36(39)40/h5-15,27H,4,16H2,1-3H3/b25-15+/t27-/m0/s1. The van der Waals surface area contributed by atoms with Crippen molar-refractivity contribution in [3.63, 3.8) is 0 Å². The fraction of sp³-hybridized carbons (Fsp3) is 0.194. The number of nitro groups is 1. The number of non-ortho nitro benzene ring substituents is 1. The van der Waals surface area contributed by atoms with Gasteiger partial charge in [0, 0.05) is 12.1 Å². The molecule has 3 aromatic carbocycles. The number of allylic oxidation sites excluding steroid dienone is 1. The number of aryl methyl sites for hydroxylation is 1. The van der Waals surface area contributed by atoms with Crippen LogP contribution in [0, 0.1) is 17.0 Å². The van der Waals surface area contributed by atoms with Gasteiger partial charge < -0.3 is 9.47 Å². The Balaban J connectivity index is 1.52. The molecule has 0 saturated heterocycles. The summed E-state index contributed by atoms with van der Waals surface area (Å²) in [7, 11) is 0. The SMILES string of the molecule is CCOC(=O)C1=C(C)N=c2s/c(=C/c3cc(Cl)c(OCc4cccc([N+](=O)[O-])c4)c(Cl)c3)c(=O)n2[C@H]1c1ccc(C)cc1. The van der Waals surface area contributed by atoms with Crippen LogP contribution in [0.25, 0.3) is 6.08 Å². The zero-order valence-corrected chi connectivity index (χ0v) is 25.6. The second-order valence-electron chi connectivity index (χ2n) is 9.74. The number of carbonyl (C=O) groups excluding carboxylic acids is 1. The molecule has 4 aromatic rings. The number of fused-ring (bicyclic) bond motifs is 1. The third-order valence-corrected chi connectivity index (χ3v) is 8.28. The molecule has 0 unspecified atom stereocenters. The second-order valence-corrected chi connectivity index (χ2v) is 11.6. The Bertz CT molecular complexity index is 1940. The molecule has 220 valence electrons. The molecular formula is C31H25Cl2N3O6S. The predicted octanol–water partition coefficient (Wildman–Crippen LogP) is 5.90. The van der Waals surface area contributed by atoms with Crippen molar-refractivity contribution in [3.8, 4) is 5.75 Å². The number of hydrogen-bond donors (Lipinski definition) is 0. The topological polar surface area (TPSA) is 113 Å². The van der Waals surface area contributed by atoms with Gasteiger partial charge in [-0.2, -0.15) is 0 Å². The molecule has 0 aliphatic carbocycles. The van der Waals surface area contributed by atoms with Crippen molar-refractivity contribution < 1.29 is 19.2 Å². The fourth-order valence-corrected chi connectivity index (χ4v) is 6.38. The van der Waals surface area contributed by atoms with Gasteiger partial charge in [0.15, 0.2) is 10.6 Å². The summed E-state index contributed by atoms with van der Waals surface area (Å²) in [5.41, 5.74) is 3.33. The van der Waals surface area contributed by atoms with Crippen LogP contribution in [-0.4, -0.2) is 22.1 Å². The van der Waals surface area contributed by atoms with Crippen LogP contribution >= 0.6 is 34.5 Å². The maximum atomic E-state index is 13.8. The number of carbonyl (C=O) groups is 1. The van der Waals surface area contributed by atoms with Crippen LogP contribution in [0.5, 0.6) is 5.75 Å². The molecule has 12 heteroatoms. The Morgan fingerprint density at radius 3 is 2.47 bits per heavy atom. The molecule has 0 fully saturated rings. The van der Waals surface area contributed by atoms with Crippen LogP contribution in [0.1, 0.15) is 42.1 Å². The molecule has 0 N–H and O–H groups in total. The van der Waals surface area contributed by atoms with E-state index in [9.17, 15) is 19.7 Å². The summed E-state index contributed by atoms with van der Waals surface area (Å²) in [4.78, 5) is 42.5. The van der Waals surface area contributed by atoms with E-state index in [0.29, 0.717) is 31.7 Å². The van der Waals surface area contributed by atoms with E-state index in [1.807, 2.05) is 31.2 Å². The summed E-state index contributed by atoms with van der Waals surface area (Å²) in [6.45, 7) is 5.62. The van der Waals surface area contributed by atoms with E-state index in [1.165, 1.54) is 28.0 Å². The van der Waals surface area contributed by atoms with Crippen molar-refractivity contribution in [2.75, 3.05) is 6.61 Å². The number of thiazole rings is 1. The van der Waals surface area contributed by atoms with Crippen molar-refractivity contribution >= 4 is 52.3 Å². The molecule has 0 spiro atoms. The second kappa shape index (κ2) is 12.5. The minimum Gasteiger partial charge on any atom is -0.486 e. The van der Waals surface area contributed by atoms with Crippen LogP contribution in [-0.2, 0) is 16.1 Å². The molecule has 43 heavy (non-hydrogen) atoms. The number of esters is 1. The van der Waals surface area contributed by atoms with Crippen molar-refractivity contribution in [1.29, 1.82) is 0 Å². The Labute approximate surface area is 260 Å². The third kappa shape index (κ3) is 6.27. The van der Waals surface area contributed by atoms with Gasteiger partial charge in [0.05, 0.1) is 43.4 Å². The predicted molar refractivity (Wildman–Crippen MR) is 165 cm³/mol. The summed E-state index contributed by atoms with van der Waals surface area (Å²) in [5.74, 6) is -0.314. The summed E-state index contributed by atoms with van der Waals surface area (Å²) < 4.78 is 13.0. The molecule has 1 aromatic heterocycles. The lowest BCUT2D eigenvalue weighted by Gasteiger charge is -2.24. The first-order valence-corrected chi connectivity index (χ1v) is 14.8. The Morgan fingerprint density at radius 2 is 1.81 bits per heavy atom. The normalized spacial score (nSPS) is 14.7. The highest BCUT2D eigenvalue weighted by Crippen LogP contribution is 2.35. The van der Waals surface area contributed by atoms with Gasteiger partial charge >= 0.3 is 5.97 Å². The summed E-state index contributed by atoms with van der Waals surface area (Å²) in [6.07, 6.45) is 1.65. The van der Waals surface area contributed by atoms with Gasteiger partial charge in [-0.25, -0.2) is 9.79 Å². The van der Waals surface area contributed by atoms with Crippen LogP contribution in [0.15, 0.2) is 81.7 Å². The first kappa shape index (κ1) is 30.2. The van der Waals surface area contributed by atoms with E-state index in [-0.39, 0.29) is 40.3 Å². The van der Waals surface area contributed by atoms with Gasteiger partial charge in [-0.1, -0.05) is 76.5 Å². The Morgan fingerprint density at radius 1 is 1.12 bits per heavy atom. The molecule has 0 radical (unpaired) electrons. The van der Waals surface area contributed by atoms with Gasteiger partial charge in [-0.05, 0) is 55.7 Å². The first-order valence-electron chi connectivity index (χ1n) is 13.2. The number of benzene rings is 3. The zero-order chi connectivity index (χ0) is 30.8. The van der Waals surface area contributed by atoms with E-state index < -0.39 is 16.9 Å². The van der Waals surface area contributed by atoms with Gasteiger partial charge in [-0.15, -0.1) is 0 Å². The average molecular weight is 639 g/mol. The fourth-order valence-electron chi connectivity index (χ4n) is 4.72. The molecular weight excluding hydrogens is 613 g/mol. The molecule has 1 aliphatic rings. The van der Waals surface area contributed by atoms with Gasteiger partial charge in [0.25, 0.3) is 11.2 Å². The summed E-state index contributed by atoms with van der Waals surface area (Å²) >= 11 is 14.2. The number of halogens is 2. The molecule has 2 heterocycles. The largest absolute Gasteiger partial charge is 0.486 e. The smallest absolute Gasteiger partial charge is 0.338 e. The van der Waals surface area contributed by atoms with E-state index in [2.05, 4.69) is 4.99 Å². The molecule has 0 amide bonds. The lowest BCUT2D eigenvalue weighted by molar-refractivity contribution is -0.384. The van der Waals surface area contributed by atoms with Gasteiger partial charge in [0.2, 0.25) is 0 Å². The van der Waals surface area contributed by atoms with Gasteiger partial charge in [-0.3, -0.25) is 19.5 Å². The summed E-state index contributed by atoms with van der Waals surface area (Å²) in [6, 6.07) is 16.2. The summed E-state index contributed by atoms with van der Waals surface area (Å²) in [5, 5.41) is 11.5. The number of rotatable bonds is 8. The van der Waals surface area contributed by atoms with E-state index in [0.717, 1.165) is 11.1 Å². The molecule has 0 bridgehead atoms. The molecule has 1 atom stereocenters. The number of nitrogens with zero attached hydrogens (tertiary/aromatic N) is 3. The molecule has 9 nitrogen and oxygen atoms in total. The monoisotopic (exact) mass is 637 g/mol. The number of nitro benzene ring substituents is 1. The van der Waals surface area contributed by atoms with E-state index >= 15 is 0 Å². The molecule has 5 rings (SSSR count). The van der Waals surface area contributed by atoms with Gasteiger partial charge in [0.1, 0.15) is 6.61 Å². The first-order chi connectivity index (χ1) is 20.6. The maximum Gasteiger partial charge on any atom is 0.338 e. The van der Waals surface area contributed by atoms with E-state index in [1.54, 1.807) is 44.2 Å². The lowest BCUT2D eigenvalue weighted by Crippen LogP contribution is -2.39. The minimum absolute atomic E-state index is 0.0141. The quantitative estimate of drug-likeness (QED) is 0.135. The molecule has 1 aliphatic heterocycles. The Hall–Kier alpha value is -4.25. The zero-order valence-electron chi connectivity index (χ0n) is 23.3. The van der Waals surface area contributed by atoms with Crippen LogP contribution in [0.2, 0.25) is 10.0 Å². The van der Waals surface area contributed by atoms with E-state index in [4.69, 9.17) is 32.7 Å². The lowest BCUT2D eigenvalue weighted by atomic mass is 9.95. The maximum absolute atomic E-state index is 13.8.